The van der Waals surface area contributed by atoms with Crippen molar-refractivity contribution in [2.75, 3.05) is 56.3 Å². The van der Waals surface area contributed by atoms with E-state index in [9.17, 15) is 4.79 Å². The molecule has 2 aromatic rings. The third-order valence-corrected chi connectivity index (χ3v) is 4.95. The number of nitrogens with zero attached hydrogens (tertiary/aromatic N) is 4. The van der Waals surface area contributed by atoms with E-state index in [2.05, 4.69) is 14.9 Å². The van der Waals surface area contributed by atoms with Crippen LogP contribution < -0.4 is 25.6 Å². The number of carbonyl (C=O) groups is 1. The molecule has 0 aliphatic carbocycles. The van der Waals surface area contributed by atoms with Gasteiger partial charge in [-0.15, -0.1) is 0 Å². The molecule has 0 saturated carbocycles. The molecule has 0 radical (unpaired) electrons. The molecule has 1 aromatic heterocycles. The van der Waals surface area contributed by atoms with Crippen molar-refractivity contribution in [3.05, 3.63) is 47.9 Å². The Bertz CT molecular complexity index is 950. The highest BCUT2D eigenvalue weighted by molar-refractivity contribution is 5.91. The molecule has 2 heterocycles. The average Bonchev–Trinajstić information content (AvgIpc) is 2.78. The summed E-state index contributed by atoms with van der Waals surface area (Å²) in [6.45, 7) is 3.54. The maximum Gasteiger partial charge on any atom is 0.411 e. The van der Waals surface area contributed by atoms with Crippen LogP contribution in [0.4, 0.5) is 20.6 Å². The molecule has 1 saturated heterocycles. The van der Waals surface area contributed by atoms with Gasteiger partial charge in [-0.25, -0.2) is 19.2 Å². The number of hydrogen-bond acceptors (Lipinski definition) is 7. The standard InChI is InChI=1S/C21H27FN6O4/c1-31-11-12-32-18-13-16(5-6-24-18)27-7-9-28(10-8-27)17-4-2-3-15(19(17)22)14-25-20(23)26-21(29)30/h2-6,13H,7-12,14H2,1H3,(H,29,30)(H3,23,25,26). The van der Waals surface area contributed by atoms with Gasteiger partial charge in [0.25, 0.3) is 0 Å². The lowest BCUT2D eigenvalue weighted by Gasteiger charge is -2.37. The van der Waals surface area contributed by atoms with E-state index in [-0.39, 0.29) is 18.3 Å². The first-order valence-corrected chi connectivity index (χ1v) is 10.1. The predicted molar refractivity (Wildman–Crippen MR) is 119 cm³/mol. The fraction of sp³-hybridized carbons (Fsp3) is 0.381. The van der Waals surface area contributed by atoms with Crippen LogP contribution in [-0.2, 0) is 11.3 Å². The minimum atomic E-state index is -1.32. The fourth-order valence-corrected chi connectivity index (χ4v) is 3.36. The summed E-state index contributed by atoms with van der Waals surface area (Å²) in [6, 6.07) is 8.90. The molecule has 172 valence electrons. The summed E-state index contributed by atoms with van der Waals surface area (Å²) in [5.41, 5.74) is 7.29. The Labute approximate surface area is 185 Å². The first-order chi connectivity index (χ1) is 15.5. The van der Waals surface area contributed by atoms with Gasteiger partial charge in [-0.2, -0.15) is 0 Å². The van der Waals surface area contributed by atoms with Gasteiger partial charge < -0.3 is 30.1 Å². The van der Waals surface area contributed by atoms with E-state index < -0.39 is 6.09 Å². The lowest BCUT2D eigenvalue weighted by Crippen LogP contribution is -2.46. The highest BCUT2D eigenvalue weighted by atomic mass is 19.1. The Morgan fingerprint density at radius 1 is 1.25 bits per heavy atom. The SMILES string of the molecule is COCCOc1cc(N2CCN(c3cccc(CN=C(N)NC(=O)O)c3F)CC2)ccn1. The third-order valence-electron chi connectivity index (χ3n) is 4.95. The quantitative estimate of drug-likeness (QED) is 0.318. The number of ether oxygens (including phenoxy) is 2. The van der Waals surface area contributed by atoms with Crippen molar-refractivity contribution < 1.29 is 23.8 Å². The molecule has 0 atom stereocenters. The number of guanidine groups is 1. The van der Waals surface area contributed by atoms with E-state index in [4.69, 9.17) is 20.3 Å². The van der Waals surface area contributed by atoms with Crippen LogP contribution in [0.25, 0.3) is 0 Å². The van der Waals surface area contributed by atoms with E-state index >= 15 is 4.39 Å². The minimum Gasteiger partial charge on any atom is -0.475 e. The summed E-state index contributed by atoms with van der Waals surface area (Å²) in [7, 11) is 1.62. The Hall–Kier alpha value is -3.60. The molecule has 0 unspecified atom stereocenters. The second-order valence-corrected chi connectivity index (χ2v) is 7.05. The summed E-state index contributed by atoms with van der Waals surface area (Å²) < 4.78 is 25.6. The molecule has 0 bridgehead atoms. The monoisotopic (exact) mass is 446 g/mol. The number of methoxy groups -OCH3 is 1. The van der Waals surface area contributed by atoms with E-state index in [0.717, 1.165) is 5.69 Å². The van der Waals surface area contributed by atoms with Crippen LogP contribution in [0.5, 0.6) is 5.88 Å². The highest BCUT2D eigenvalue weighted by Gasteiger charge is 2.21. The van der Waals surface area contributed by atoms with E-state index in [1.807, 2.05) is 22.3 Å². The molecule has 1 amide bonds. The second kappa shape index (κ2) is 11.1. The van der Waals surface area contributed by atoms with E-state index in [1.165, 1.54) is 0 Å². The normalized spacial score (nSPS) is 14.4. The fourth-order valence-electron chi connectivity index (χ4n) is 3.36. The number of carboxylic acid groups (broad SMARTS) is 1. The van der Waals surface area contributed by atoms with Gasteiger partial charge in [0.2, 0.25) is 5.88 Å². The lowest BCUT2D eigenvalue weighted by molar-refractivity contribution is 0.144. The molecule has 0 spiro atoms. The summed E-state index contributed by atoms with van der Waals surface area (Å²) in [5, 5.41) is 10.6. The Morgan fingerprint density at radius 3 is 2.72 bits per heavy atom. The number of aromatic nitrogens is 1. The molecule has 1 aromatic carbocycles. The van der Waals surface area contributed by atoms with Gasteiger partial charge in [-0.05, 0) is 12.1 Å². The molecule has 4 N–H and O–H groups in total. The number of anilines is 2. The zero-order chi connectivity index (χ0) is 22.9. The Balaban J connectivity index is 1.62. The van der Waals surface area contributed by atoms with Crippen molar-refractivity contribution in [2.45, 2.75) is 6.54 Å². The van der Waals surface area contributed by atoms with Gasteiger partial charge in [0, 0.05) is 56.8 Å². The second-order valence-electron chi connectivity index (χ2n) is 7.05. The summed E-state index contributed by atoms with van der Waals surface area (Å²) in [5.74, 6) is -0.123. The topological polar surface area (TPSA) is 126 Å². The van der Waals surface area contributed by atoms with Crippen LogP contribution in [0.1, 0.15) is 5.56 Å². The third kappa shape index (κ3) is 6.20. The van der Waals surface area contributed by atoms with Gasteiger partial charge in [0.05, 0.1) is 18.8 Å². The molecule has 3 rings (SSSR count). The maximum absolute atomic E-state index is 15.1. The van der Waals surface area contributed by atoms with Crippen molar-refractivity contribution >= 4 is 23.4 Å². The number of hydrogen-bond donors (Lipinski definition) is 3. The van der Waals surface area contributed by atoms with Crippen LogP contribution in [0, 0.1) is 5.82 Å². The number of halogens is 1. The first kappa shape index (κ1) is 23.1. The molecule has 11 heteroatoms. The lowest BCUT2D eigenvalue weighted by atomic mass is 10.1. The molecule has 1 aliphatic heterocycles. The number of aliphatic imine (C=N–C) groups is 1. The number of piperazine rings is 1. The summed E-state index contributed by atoms with van der Waals surface area (Å²) in [6.07, 6.45) is 0.388. The molecule has 32 heavy (non-hydrogen) atoms. The Morgan fingerprint density at radius 2 is 2.00 bits per heavy atom. The van der Waals surface area contributed by atoms with Crippen LogP contribution in [0.2, 0.25) is 0 Å². The van der Waals surface area contributed by atoms with Gasteiger partial charge in [-0.3, -0.25) is 5.32 Å². The number of benzene rings is 1. The number of amides is 1. The van der Waals surface area contributed by atoms with Crippen molar-refractivity contribution in [1.82, 2.24) is 10.3 Å². The van der Waals surface area contributed by atoms with E-state index in [1.54, 1.807) is 31.5 Å². The summed E-state index contributed by atoms with van der Waals surface area (Å²) >= 11 is 0. The first-order valence-electron chi connectivity index (χ1n) is 10.1. The Kier molecular flexibility index (Phi) is 8.03. The molecular weight excluding hydrogens is 419 g/mol. The van der Waals surface area contributed by atoms with Crippen LogP contribution >= 0.6 is 0 Å². The van der Waals surface area contributed by atoms with Crippen molar-refractivity contribution in [3.8, 4) is 5.88 Å². The van der Waals surface area contributed by atoms with Gasteiger partial charge in [-0.1, -0.05) is 12.1 Å². The van der Waals surface area contributed by atoms with Crippen molar-refractivity contribution in [2.24, 2.45) is 10.7 Å². The highest BCUT2D eigenvalue weighted by Crippen LogP contribution is 2.26. The number of rotatable bonds is 8. The van der Waals surface area contributed by atoms with Crippen molar-refractivity contribution in [3.63, 3.8) is 0 Å². The zero-order valence-corrected chi connectivity index (χ0v) is 17.8. The molecular formula is C21H27FN6O4. The number of nitrogens with one attached hydrogen (secondary N) is 1. The van der Waals surface area contributed by atoms with Crippen LogP contribution in [-0.4, -0.2) is 68.6 Å². The predicted octanol–water partition coefficient (Wildman–Crippen LogP) is 1.65. The minimum absolute atomic E-state index is 0.0609. The average molecular weight is 446 g/mol. The van der Waals surface area contributed by atoms with E-state index in [0.29, 0.717) is 56.5 Å². The zero-order valence-electron chi connectivity index (χ0n) is 17.8. The van der Waals surface area contributed by atoms with Gasteiger partial charge in [0.1, 0.15) is 6.61 Å². The molecule has 10 nitrogen and oxygen atoms in total. The van der Waals surface area contributed by atoms with Crippen molar-refractivity contribution in [1.29, 1.82) is 0 Å². The smallest absolute Gasteiger partial charge is 0.411 e. The molecule has 1 fully saturated rings. The molecule has 1 aliphatic rings. The largest absolute Gasteiger partial charge is 0.475 e. The van der Waals surface area contributed by atoms with Crippen LogP contribution in [0.15, 0.2) is 41.5 Å². The maximum atomic E-state index is 15.1. The number of pyridine rings is 1. The number of nitrogens with two attached hydrogens (primary N) is 1. The van der Waals surface area contributed by atoms with Gasteiger partial charge >= 0.3 is 6.09 Å². The van der Waals surface area contributed by atoms with Crippen LogP contribution in [0.3, 0.4) is 0 Å². The summed E-state index contributed by atoms with van der Waals surface area (Å²) in [4.78, 5) is 22.9. The van der Waals surface area contributed by atoms with Gasteiger partial charge in [0.15, 0.2) is 11.8 Å².